The van der Waals surface area contributed by atoms with Crippen molar-refractivity contribution in [3.05, 3.63) is 63.6 Å². The van der Waals surface area contributed by atoms with Crippen molar-refractivity contribution in [1.29, 1.82) is 0 Å². The zero-order valence-electron chi connectivity index (χ0n) is 19.0. The Bertz CT molecular complexity index is 1340. The van der Waals surface area contributed by atoms with E-state index in [1.165, 1.54) is 24.5 Å². The molecule has 0 aliphatic heterocycles. The number of methoxy groups -OCH3 is 2. The summed E-state index contributed by atoms with van der Waals surface area (Å²) >= 11 is 8.01. The number of para-hydroxylation sites is 1. The van der Waals surface area contributed by atoms with Gasteiger partial charge in [-0.2, -0.15) is 5.10 Å². The average Bonchev–Trinajstić information content (AvgIpc) is 3.39. The van der Waals surface area contributed by atoms with Crippen LogP contribution >= 0.6 is 22.9 Å². The van der Waals surface area contributed by atoms with E-state index in [4.69, 9.17) is 26.2 Å². The first kappa shape index (κ1) is 23.6. The lowest BCUT2D eigenvalue weighted by atomic mass is 10.1. The van der Waals surface area contributed by atoms with Crippen LogP contribution in [0.1, 0.15) is 27.9 Å². The number of hydrogen-bond donors (Lipinski definition) is 2. The molecule has 0 aliphatic carbocycles. The Kier molecular flexibility index (Phi) is 6.76. The van der Waals surface area contributed by atoms with Crippen LogP contribution in [0, 0.1) is 6.92 Å². The van der Waals surface area contributed by atoms with Crippen LogP contribution in [0.4, 0.5) is 11.5 Å². The Balaban J connectivity index is 1.96. The van der Waals surface area contributed by atoms with Gasteiger partial charge in [0, 0.05) is 0 Å². The molecule has 0 unspecified atom stereocenters. The molecule has 0 aliphatic rings. The molecule has 2 aromatic heterocycles. The third-order valence-electron chi connectivity index (χ3n) is 5.24. The lowest BCUT2D eigenvalue weighted by molar-refractivity contribution is 0.0697. The summed E-state index contributed by atoms with van der Waals surface area (Å²) in [5, 5.41) is 19.0. The number of halogens is 1. The van der Waals surface area contributed by atoms with Crippen molar-refractivity contribution >= 4 is 40.4 Å². The maximum Gasteiger partial charge on any atom is 0.337 e. The zero-order valence-corrected chi connectivity index (χ0v) is 20.6. The van der Waals surface area contributed by atoms with Crippen molar-refractivity contribution in [2.75, 3.05) is 19.5 Å². The van der Waals surface area contributed by atoms with Crippen LogP contribution in [0.15, 0.2) is 42.5 Å². The monoisotopic (exact) mass is 498 g/mol. The predicted molar refractivity (Wildman–Crippen MR) is 134 cm³/mol. The smallest absolute Gasteiger partial charge is 0.337 e. The van der Waals surface area contributed by atoms with Crippen LogP contribution in [-0.4, -0.2) is 40.1 Å². The molecule has 0 saturated heterocycles. The highest BCUT2D eigenvalue weighted by atomic mass is 35.5. The molecule has 4 rings (SSSR count). The summed E-state index contributed by atoms with van der Waals surface area (Å²) in [6.07, 6.45) is 0.767. The van der Waals surface area contributed by atoms with Crippen molar-refractivity contribution in [3.63, 3.8) is 0 Å². The fourth-order valence-electron chi connectivity index (χ4n) is 3.59. The Morgan fingerprint density at radius 1 is 1.21 bits per heavy atom. The number of thiazole rings is 1. The largest absolute Gasteiger partial charge is 0.497 e. The fraction of sp³-hybridized carbons (Fsp3) is 0.208. The molecular weight excluding hydrogens is 476 g/mol. The van der Waals surface area contributed by atoms with E-state index >= 15 is 0 Å². The van der Waals surface area contributed by atoms with E-state index in [0.29, 0.717) is 44.5 Å². The maximum atomic E-state index is 12.0. The molecule has 2 heterocycles. The number of carboxylic acid groups (broad SMARTS) is 1. The van der Waals surface area contributed by atoms with Crippen LogP contribution in [0.3, 0.4) is 0 Å². The molecular formula is C24H23ClN4O4S. The van der Waals surface area contributed by atoms with Crippen LogP contribution in [0.2, 0.25) is 5.02 Å². The molecule has 0 radical (unpaired) electrons. The molecule has 0 spiro atoms. The van der Waals surface area contributed by atoms with E-state index in [0.717, 1.165) is 16.9 Å². The minimum Gasteiger partial charge on any atom is -0.497 e. The van der Waals surface area contributed by atoms with E-state index in [2.05, 4.69) is 10.3 Å². The molecule has 10 heteroatoms. The molecule has 0 fully saturated rings. The van der Waals surface area contributed by atoms with Crippen molar-refractivity contribution in [2.45, 2.75) is 20.3 Å². The summed E-state index contributed by atoms with van der Waals surface area (Å²) in [6.45, 7) is 3.91. The number of aromatic carboxylic acids is 1. The van der Waals surface area contributed by atoms with Crippen LogP contribution in [0.5, 0.6) is 11.6 Å². The number of ether oxygens (including phenoxy) is 2. The van der Waals surface area contributed by atoms with E-state index in [9.17, 15) is 9.90 Å². The molecule has 0 amide bonds. The van der Waals surface area contributed by atoms with Gasteiger partial charge in [-0.25, -0.2) is 14.5 Å². The number of aryl methyl sites for hydroxylation is 2. The zero-order chi connectivity index (χ0) is 24.4. The number of benzene rings is 2. The summed E-state index contributed by atoms with van der Waals surface area (Å²) in [7, 11) is 3.08. The van der Waals surface area contributed by atoms with Crippen LogP contribution < -0.4 is 14.8 Å². The summed E-state index contributed by atoms with van der Waals surface area (Å²) < 4.78 is 12.3. The first-order chi connectivity index (χ1) is 16.4. The molecule has 34 heavy (non-hydrogen) atoms. The topological polar surface area (TPSA) is 98.5 Å². The van der Waals surface area contributed by atoms with Gasteiger partial charge in [0.2, 0.25) is 5.88 Å². The van der Waals surface area contributed by atoms with E-state index in [1.54, 1.807) is 30.0 Å². The quantitative estimate of drug-likeness (QED) is 0.308. The standard InChI is InChI=1S/C24H23ClN4O4S/c1-5-19-22(33-4)27-23(34-19)20-13(2)28-29(18-9-7-6-8-16(18)25)21(20)26-17-11-10-14(32-3)12-15(17)24(30)31/h6-12,26H,5H2,1-4H3,(H,30,31). The SMILES string of the molecule is CCc1sc(-c2c(C)nn(-c3ccccc3Cl)c2Nc2ccc(OC)cc2C(=O)O)nc1OC. The number of nitrogens with one attached hydrogen (secondary N) is 1. The van der Waals surface area contributed by atoms with Gasteiger partial charge < -0.3 is 19.9 Å². The second kappa shape index (κ2) is 9.74. The highest BCUT2D eigenvalue weighted by molar-refractivity contribution is 7.15. The summed E-state index contributed by atoms with van der Waals surface area (Å²) in [5.41, 5.74) is 2.51. The van der Waals surface area contributed by atoms with Crippen LogP contribution in [0.25, 0.3) is 16.3 Å². The predicted octanol–water partition coefficient (Wildman–Crippen LogP) is 5.98. The van der Waals surface area contributed by atoms with Gasteiger partial charge in [-0.1, -0.05) is 30.7 Å². The number of nitrogens with zero attached hydrogens (tertiary/aromatic N) is 3. The van der Waals surface area contributed by atoms with Gasteiger partial charge >= 0.3 is 5.97 Å². The Hall–Kier alpha value is -3.56. The molecule has 0 saturated carbocycles. The first-order valence-electron chi connectivity index (χ1n) is 10.4. The maximum absolute atomic E-state index is 12.0. The lowest BCUT2D eigenvalue weighted by Gasteiger charge is -2.15. The number of carbonyl (C=O) groups is 1. The third kappa shape index (κ3) is 4.32. The molecule has 176 valence electrons. The van der Waals surface area contributed by atoms with Gasteiger partial charge in [0.1, 0.15) is 16.6 Å². The highest BCUT2D eigenvalue weighted by Gasteiger charge is 2.25. The first-order valence-corrected chi connectivity index (χ1v) is 11.6. The van der Waals surface area contributed by atoms with Crippen molar-refractivity contribution < 1.29 is 19.4 Å². The van der Waals surface area contributed by atoms with E-state index in [1.807, 2.05) is 32.0 Å². The Morgan fingerprint density at radius 2 is 1.97 bits per heavy atom. The fourth-order valence-corrected chi connectivity index (χ4v) is 4.87. The normalized spacial score (nSPS) is 10.9. The second-order valence-corrected chi connectivity index (χ2v) is 8.81. The third-order valence-corrected chi connectivity index (χ3v) is 6.76. The number of rotatable bonds is 8. The molecule has 2 aromatic carbocycles. The molecule has 8 nitrogen and oxygen atoms in total. The van der Waals surface area contributed by atoms with E-state index < -0.39 is 5.97 Å². The number of hydrogen-bond acceptors (Lipinski definition) is 7. The summed E-state index contributed by atoms with van der Waals surface area (Å²) in [5.74, 6) is 0.454. The molecule has 0 bridgehead atoms. The Morgan fingerprint density at radius 3 is 2.59 bits per heavy atom. The van der Waals surface area contributed by atoms with Crippen molar-refractivity contribution in [3.8, 4) is 27.9 Å². The van der Waals surface area contributed by atoms with Gasteiger partial charge in [-0.15, -0.1) is 11.3 Å². The van der Waals surface area contributed by atoms with Gasteiger partial charge in [0.05, 0.1) is 52.3 Å². The highest BCUT2D eigenvalue weighted by Crippen LogP contribution is 2.41. The Labute approximate surface area is 205 Å². The minimum atomic E-state index is -1.09. The van der Waals surface area contributed by atoms with E-state index in [-0.39, 0.29) is 5.56 Å². The van der Waals surface area contributed by atoms with Crippen molar-refractivity contribution in [1.82, 2.24) is 14.8 Å². The molecule has 4 aromatic rings. The number of carboxylic acids is 1. The lowest BCUT2D eigenvalue weighted by Crippen LogP contribution is -2.08. The second-order valence-electron chi connectivity index (χ2n) is 7.32. The number of anilines is 2. The van der Waals surface area contributed by atoms with Gasteiger partial charge in [0.25, 0.3) is 0 Å². The average molecular weight is 499 g/mol. The van der Waals surface area contributed by atoms with Gasteiger partial charge in [0.15, 0.2) is 0 Å². The molecule has 0 atom stereocenters. The number of aromatic nitrogens is 3. The minimum absolute atomic E-state index is 0.0563. The van der Waals surface area contributed by atoms with Crippen LogP contribution in [-0.2, 0) is 6.42 Å². The van der Waals surface area contributed by atoms with Crippen molar-refractivity contribution in [2.24, 2.45) is 0 Å². The van der Waals surface area contributed by atoms with Gasteiger partial charge in [-0.05, 0) is 43.7 Å². The molecule has 2 N–H and O–H groups in total. The van der Waals surface area contributed by atoms with Gasteiger partial charge in [-0.3, -0.25) is 0 Å². The summed E-state index contributed by atoms with van der Waals surface area (Å²) in [4.78, 5) is 17.7. The summed E-state index contributed by atoms with van der Waals surface area (Å²) in [6, 6.07) is 12.1.